The molecule has 1 fully saturated rings. The van der Waals surface area contributed by atoms with E-state index < -0.39 is 6.36 Å². The molecular formula is C23H22F3NO5. The number of alkyl halides is 3. The third-order valence-electron chi connectivity index (χ3n) is 5.53. The SMILES string of the molecule is O=C1COc2ccc(C(=O)N3CCC(COc4ccccc4OC(F)(F)F)CC3)cc2C1. The van der Waals surface area contributed by atoms with E-state index in [0.29, 0.717) is 37.2 Å². The Bertz CT molecular complexity index is 999. The highest BCUT2D eigenvalue weighted by Crippen LogP contribution is 2.33. The number of ketones is 1. The molecule has 2 heterocycles. The van der Waals surface area contributed by atoms with Gasteiger partial charge in [-0.05, 0) is 49.1 Å². The summed E-state index contributed by atoms with van der Waals surface area (Å²) >= 11 is 0. The Hall–Kier alpha value is -3.23. The number of halogens is 3. The number of likely N-dealkylation sites (tertiary alicyclic amines) is 1. The average Bonchev–Trinajstić information content (AvgIpc) is 2.77. The van der Waals surface area contributed by atoms with Gasteiger partial charge in [-0.2, -0.15) is 0 Å². The second-order valence-corrected chi connectivity index (χ2v) is 7.87. The van der Waals surface area contributed by atoms with E-state index in [9.17, 15) is 22.8 Å². The van der Waals surface area contributed by atoms with Gasteiger partial charge in [0, 0.05) is 30.6 Å². The molecule has 170 valence electrons. The molecule has 32 heavy (non-hydrogen) atoms. The lowest BCUT2D eigenvalue weighted by atomic mass is 9.96. The number of para-hydroxylation sites is 2. The van der Waals surface area contributed by atoms with Crippen LogP contribution >= 0.6 is 0 Å². The average molecular weight is 449 g/mol. The number of benzene rings is 2. The first kappa shape index (κ1) is 22.0. The van der Waals surface area contributed by atoms with Crippen molar-refractivity contribution in [1.82, 2.24) is 4.90 Å². The second-order valence-electron chi connectivity index (χ2n) is 7.87. The summed E-state index contributed by atoms with van der Waals surface area (Å²) in [7, 11) is 0. The highest BCUT2D eigenvalue weighted by molar-refractivity contribution is 5.95. The minimum Gasteiger partial charge on any atom is -0.489 e. The monoisotopic (exact) mass is 449 g/mol. The van der Waals surface area contributed by atoms with E-state index in [0.717, 1.165) is 5.56 Å². The van der Waals surface area contributed by atoms with Crippen LogP contribution in [0, 0.1) is 5.92 Å². The second kappa shape index (κ2) is 9.10. The number of hydrogen-bond acceptors (Lipinski definition) is 5. The Labute approximate surface area is 182 Å². The minimum atomic E-state index is -4.79. The van der Waals surface area contributed by atoms with Gasteiger partial charge in [0.15, 0.2) is 17.3 Å². The molecule has 2 aliphatic rings. The largest absolute Gasteiger partial charge is 0.573 e. The number of hydrogen-bond donors (Lipinski definition) is 0. The predicted molar refractivity (Wildman–Crippen MR) is 108 cm³/mol. The molecule has 2 aromatic carbocycles. The molecule has 0 aliphatic carbocycles. The van der Waals surface area contributed by atoms with Crippen LogP contribution in [0.3, 0.4) is 0 Å². The van der Waals surface area contributed by atoms with Crippen molar-refractivity contribution in [2.75, 3.05) is 26.3 Å². The molecule has 0 spiro atoms. The molecule has 0 unspecified atom stereocenters. The Morgan fingerprint density at radius 3 is 2.53 bits per heavy atom. The number of Topliss-reactive ketones (excluding diaryl/α,β-unsaturated/α-hetero) is 1. The fraction of sp³-hybridized carbons (Fsp3) is 0.391. The maximum Gasteiger partial charge on any atom is 0.573 e. The first-order chi connectivity index (χ1) is 15.3. The van der Waals surface area contributed by atoms with E-state index in [-0.39, 0.29) is 48.7 Å². The van der Waals surface area contributed by atoms with Crippen molar-refractivity contribution in [3.05, 3.63) is 53.6 Å². The van der Waals surface area contributed by atoms with Gasteiger partial charge < -0.3 is 19.1 Å². The molecule has 1 saturated heterocycles. The summed E-state index contributed by atoms with van der Waals surface area (Å²) in [5.74, 6) is 0.259. The van der Waals surface area contributed by atoms with Crippen molar-refractivity contribution < 1.29 is 37.0 Å². The summed E-state index contributed by atoms with van der Waals surface area (Å²) in [5, 5.41) is 0. The molecule has 0 bridgehead atoms. The molecule has 2 aromatic rings. The molecular weight excluding hydrogens is 427 g/mol. The van der Waals surface area contributed by atoms with Crippen molar-refractivity contribution >= 4 is 11.7 Å². The van der Waals surface area contributed by atoms with Gasteiger partial charge in [-0.25, -0.2) is 0 Å². The summed E-state index contributed by atoms with van der Waals surface area (Å²) < 4.78 is 52.6. The zero-order valence-electron chi connectivity index (χ0n) is 17.2. The smallest absolute Gasteiger partial charge is 0.489 e. The highest BCUT2D eigenvalue weighted by atomic mass is 19.4. The Morgan fingerprint density at radius 1 is 1.09 bits per heavy atom. The lowest BCUT2D eigenvalue weighted by molar-refractivity contribution is -0.275. The number of fused-ring (bicyclic) bond motifs is 1. The highest BCUT2D eigenvalue weighted by Gasteiger charge is 2.32. The van der Waals surface area contributed by atoms with Crippen LogP contribution in [-0.4, -0.2) is 49.3 Å². The Kier molecular flexibility index (Phi) is 6.25. The Balaban J connectivity index is 1.31. The van der Waals surface area contributed by atoms with Crippen LogP contribution in [0.4, 0.5) is 13.2 Å². The molecule has 4 rings (SSSR count). The van der Waals surface area contributed by atoms with Crippen molar-refractivity contribution in [2.24, 2.45) is 5.92 Å². The number of ether oxygens (including phenoxy) is 3. The van der Waals surface area contributed by atoms with Gasteiger partial charge in [0.05, 0.1) is 6.61 Å². The number of piperidine rings is 1. The number of carbonyl (C=O) groups excluding carboxylic acids is 2. The minimum absolute atomic E-state index is 0.0230. The molecule has 6 nitrogen and oxygen atoms in total. The third kappa shape index (κ3) is 5.33. The van der Waals surface area contributed by atoms with Crippen LogP contribution in [0.5, 0.6) is 17.2 Å². The maximum atomic E-state index is 12.9. The van der Waals surface area contributed by atoms with E-state index in [4.69, 9.17) is 9.47 Å². The quantitative estimate of drug-likeness (QED) is 0.690. The van der Waals surface area contributed by atoms with E-state index in [1.165, 1.54) is 18.2 Å². The van der Waals surface area contributed by atoms with Gasteiger partial charge in [-0.1, -0.05) is 12.1 Å². The van der Waals surface area contributed by atoms with Crippen molar-refractivity contribution in [3.8, 4) is 17.2 Å². The van der Waals surface area contributed by atoms with Crippen LogP contribution in [0.15, 0.2) is 42.5 Å². The number of nitrogens with zero attached hydrogens (tertiary/aromatic N) is 1. The van der Waals surface area contributed by atoms with Crippen LogP contribution in [0.1, 0.15) is 28.8 Å². The summed E-state index contributed by atoms with van der Waals surface area (Å²) in [6.07, 6.45) is -3.20. The number of amides is 1. The van der Waals surface area contributed by atoms with Gasteiger partial charge in [0.25, 0.3) is 5.91 Å². The van der Waals surface area contributed by atoms with Gasteiger partial charge in [0.1, 0.15) is 12.4 Å². The first-order valence-electron chi connectivity index (χ1n) is 10.3. The third-order valence-corrected chi connectivity index (χ3v) is 5.53. The van der Waals surface area contributed by atoms with E-state index in [1.807, 2.05) is 0 Å². The fourth-order valence-corrected chi connectivity index (χ4v) is 3.88. The van der Waals surface area contributed by atoms with Crippen LogP contribution in [0.25, 0.3) is 0 Å². The molecule has 0 atom stereocenters. The van der Waals surface area contributed by atoms with E-state index in [1.54, 1.807) is 29.2 Å². The molecule has 2 aliphatic heterocycles. The molecule has 1 amide bonds. The molecule has 0 aromatic heterocycles. The predicted octanol–water partition coefficient (Wildman–Crippen LogP) is 4.02. The topological polar surface area (TPSA) is 65.1 Å². The summed E-state index contributed by atoms with van der Waals surface area (Å²) in [5.41, 5.74) is 1.23. The van der Waals surface area contributed by atoms with Gasteiger partial charge >= 0.3 is 6.36 Å². The zero-order valence-corrected chi connectivity index (χ0v) is 17.2. The van der Waals surface area contributed by atoms with Crippen LogP contribution in [-0.2, 0) is 11.2 Å². The standard InChI is InChI=1S/C23H22F3NO5/c24-23(25,26)32-21-4-2-1-3-20(21)30-13-15-7-9-27(10-8-15)22(29)16-5-6-19-17(11-16)12-18(28)14-31-19/h1-6,11,15H,7-10,12-14H2. The molecule has 0 radical (unpaired) electrons. The normalized spacial score (nSPS) is 16.8. The zero-order chi connectivity index (χ0) is 22.7. The van der Waals surface area contributed by atoms with E-state index in [2.05, 4.69) is 4.74 Å². The molecule has 0 saturated carbocycles. The summed E-state index contributed by atoms with van der Waals surface area (Å²) in [4.78, 5) is 26.2. The first-order valence-corrected chi connectivity index (χ1v) is 10.3. The van der Waals surface area contributed by atoms with Gasteiger partial charge in [-0.15, -0.1) is 13.2 Å². The molecule has 9 heteroatoms. The van der Waals surface area contributed by atoms with Crippen molar-refractivity contribution in [3.63, 3.8) is 0 Å². The van der Waals surface area contributed by atoms with Crippen LogP contribution < -0.4 is 14.2 Å². The summed E-state index contributed by atoms with van der Waals surface area (Å²) in [6.45, 7) is 1.32. The molecule has 0 N–H and O–H groups in total. The van der Waals surface area contributed by atoms with Crippen LogP contribution in [0.2, 0.25) is 0 Å². The van der Waals surface area contributed by atoms with Crippen molar-refractivity contribution in [2.45, 2.75) is 25.6 Å². The summed E-state index contributed by atoms with van der Waals surface area (Å²) in [6, 6.07) is 10.8. The fourth-order valence-electron chi connectivity index (χ4n) is 3.88. The number of rotatable bonds is 5. The lowest BCUT2D eigenvalue weighted by Gasteiger charge is -2.32. The van der Waals surface area contributed by atoms with Gasteiger partial charge in [0.2, 0.25) is 0 Å². The van der Waals surface area contributed by atoms with Crippen molar-refractivity contribution in [1.29, 1.82) is 0 Å². The Morgan fingerprint density at radius 2 is 1.81 bits per heavy atom. The van der Waals surface area contributed by atoms with E-state index >= 15 is 0 Å². The van der Waals surface area contributed by atoms with Gasteiger partial charge in [-0.3, -0.25) is 9.59 Å². The lowest BCUT2D eigenvalue weighted by Crippen LogP contribution is -2.39. The maximum absolute atomic E-state index is 12.9. The number of carbonyl (C=O) groups is 2.